The normalized spacial score (nSPS) is 27.4. The molecule has 0 aromatic carbocycles. The zero-order chi connectivity index (χ0) is 15.4. The number of ether oxygens (including phenoxy) is 1. The Bertz CT molecular complexity index is 430. The number of nitrogens with two attached hydrogens (primary N) is 1. The van der Waals surface area contributed by atoms with E-state index in [1.54, 1.807) is 6.92 Å². The molecule has 8 heteroatoms. The van der Waals surface area contributed by atoms with Gasteiger partial charge in [-0.1, -0.05) is 13.8 Å². The Morgan fingerprint density at radius 1 is 1.45 bits per heavy atom. The summed E-state index contributed by atoms with van der Waals surface area (Å²) < 4.78 is 32.2. The van der Waals surface area contributed by atoms with Crippen LogP contribution >= 0.6 is 0 Å². The third-order valence-electron chi connectivity index (χ3n) is 4.09. The Morgan fingerprint density at radius 3 is 2.40 bits per heavy atom. The molecule has 0 atom stereocenters. The highest BCUT2D eigenvalue weighted by Crippen LogP contribution is 2.36. The molecule has 1 aliphatic carbocycles. The van der Waals surface area contributed by atoms with Crippen LogP contribution in [0.1, 0.15) is 39.5 Å². The number of nitrogens with zero attached hydrogens (tertiary/aromatic N) is 1. The molecule has 0 radical (unpaired) electrons. The molecule has 0 saturated heterocycles. The predicted molar refractivity (Wildman–Crippen MR) is 76.3 cm³/mol. The summed E-state index contributed by atoms with van der Waals surface area (Å²) >= 11 is 0. The first-order chi connectivity index (χ1) is 9.31. The van der Waals surface area contributed by atoms with Crippen molar-refractivity contribution < 1.29 is 17.9 Å². The summed E-state index contributed by atoms with van der Waals surface area (Å²) in [6.07, 6.45) is 2.30. The van der Waals surface area contributed by atoms with Crippen LogP contribution in [0.2, 0.25) is 0 Å². The summed E-state index contributed by atoms with van der Waals surface area (Å²) in [7, 11) is -2.82. The Morgan fingerprint density at radius 2 is 2.00 bits per heavy atom. The molecule has 1 saturated carbocycles. The zero-order valence-electron chi connectivity index (χ0n) is 12.4. The summed E-state index contributed by atoms with van der Waals surface area (Å²) in [6.45, 7) is 4.40. The molecule has 1 fully saturated rings. The van der Waals surface area contributed by atoms with E-state index in [2.05, 4.69) is 11.7 Å². The molecule has 20 heavy (non-hydrogen) atoms. The van der Waals surface area contributed by atoms with Gasteiger partial charge in [0.15, 0.2) is 0 Å². The number of nitrogens with one attached hydrogen (secondary N) is 1. The summed E-state index contributed by atoms with van der Waals surface area (Å²) in [5, 5.41) is 0. The van der Waals surface area contributed by atoms with Crippen LogP contribution < -0.4 is 10.5 Å². The van der Waals surface area contributed by atoms with E-state index < -0.39 is 21.8 Å². The second kappa shape index (κ2) is 6.73. The SMILES string of the molecule is CCN(C1(CN)CCC(C)CC1)S(=O)(=O)NC(=O)OC. The third kappa shape index (κ3) is 3.62. The van der Waals surface area contributed by atoms with Crippen LogP contribution in [0.25, 0.3) is 0 Å². The standard InChI is InChI=1S/C12H25N3O4S/c1-4-15(20(17,18)14-11(16)19-3)12(9-13)7-5-10(2)6-8-12/h10H,4-9,13H2,1-3H3,(H,14,16). The average molecular weight is 307 g/mol. The van der Waals surface area contributed by atoms with E-state index in [0.717, 1.165) is 20.0 Å². The average Bonchev–Trinajstić information content (AvgIpc) is 2.41. The van der Waals surface area contributed by atoms with Crippen molar-refractivity contribution in [2.24, 2.45) is 11.7 Å². The van der Waals surface area contributed by atoms with Gasteiger partial charge < -0.3 is 10.5 Å². The number of amides is 1. The van der Waals surface area contributed by atoms with Crippen molar-refractivity contribution in [1.29, 1.82) is 0 Å². The molecule has 3 N–H and O–H groups in total. The van der Waals surface area contributed by atoms with E-state index in [9.17, 15) is 13.2 Å². The molecule has 0 spiro atoms. The van der Waals surface area contributed by atoms with Gasteiger partial charge >= 0.3 is 16.3 Å². The van der Waals surface area contributed by atoms with Crippen molar-refractivity contribution in [3.63, 3.8) is 0 Å². The number of rotatable bonds is 5. The highest BCUT2D eigenvalue weighted by molar-refractivity contribution is 7.87. The van der Waals surface area contributed by atoms with Crippen LogP contribution in [-0.4, -0.2) is 44.6 Å². The zero-order valence-corrected chi connectivity index (χ0v) is 13.2. The van der Waals surface area contributed by atoms with Gasteiger partial charge in [-0.3, -0.25) is 0 Å². The van der Waals surface area contributed by atoms with Gasteiger partial charge in [0, 0.05) is 18.6 Å². The quantitative estimate of drug-likeness (QED) is 0.783. The molecule has 0 aromatic rings. The maximum Gasteiger partial charge on any atom is 0.421 e. The van der Waals surface area contributed by atoms with Gasteiger partial charge in [0.1, 0.15) is 0 Å². The molecule has 0 heterocycles. The molecular formula is C12H25N3O4S. The minimum absolute atomic E-state index is 0.246. The van der Waals surface area contributed by atoms with Gasteiger partial charge in [0.25, 0.3) is 0 Å². The smallest absolute Gasteiger partial charge is 0.421 e. The van der Waals surface area contributed by atoms with E-state index in [4.69, 9.17) is 5.73 Å². The molecular weight excluding hydrogens is 282 g/mol. The minimum atomic E-state index is -3.94. The highest BCUT2D eigenvalue weighted by atomic mass is 32.2. The number of hydrogen-bond acceptors (Lipinski definition) is 5. The minimum Gasteiger partial charge on any atom is -0.452 e. The first-order valence-electron chi connectivity index (χ1n) is 6.90. The Balaban J connectivity index is 3.00. The van der Waals surface area contributed by atoms with Gasteiger partial charge in [0.05, 0.1) is 7.11 Å². The lowest BCUT2D eigenvalue weighted by Crippen LogP contribution is -2.60. The lowest BCUT2D eigenvalue weighted by atomic mass is 9.77. The molecule has 0 unspecified atom stereocenters. The second-order valence-corrected chi connectivity index (χ2v) is 6.97. The van der Waals surface area contributed by atoms with Crippen LogP contribution in [0.4, 0.5) is 4.79 Å². The molecule has 0 aromatic heterocycles. The molecule has 1 aliphatic rings. The van der Waals surface area contributed by atoms with E-state index in [1.165, 1.54) is 4.31 Å². The molecule has 118 valence electrons. The lowest BCUT2D eigenvalue weighted by Gasteiger charge is -2.45. The van der Waals surface area contributed by atoms with E-state index in [0.29, 0.717) is 18.8 Å². The number of likely N-dealkylation sites (N-methyl/N-ethyl adjacent to an activating group) is 1. The van der Waals surface area contributed by atoms with Crippen LogP contribution in [-0.2, 0) is 14.9 Å². The molecule has 7 nitrogen and oxygen atoms in total. The van der Waals surface area contributed by atoms with Gasteiger partial charge in [-0.2, -0.15) is 12.7 Å². The van der Waals surface area contributed by atoms with E-state index in [-0.39, 0.29) is 13.1 Å². The van der Waals surface area contributed by atoms with Crippen LogP contribution in [0.15, 0.2) is 0 Å². The fourth-order valence-corrected chi connectivity index (χ4v) is 4.33. The van der Waals surface area contributed by atoms with Crippen molar-refractivity contribution in [2.75, 3.05) is 20.2 Å². The van der Waals surface area contributed by atoms with Crippen molar-refractivity contribution in [1.82, 2.24) is 9.03 Å². The van der Waals surface area contributed by atoms with Crippen LogP contribution in [0, 0.1) is 5.92 Å². The van der Waals surface area contributed by atoms with Gasteiger partial charge in [0.2, 0.25) is 0 Å². The summed E-state index contributed by atoms with van der Waals surface area (Å²) in [5.41, 5.74) is 5.26. The summed E-state index contributed by atoms with van der Waals surface area (Å²) in [6, 6.07) is 0. The monoisotopic (exact) mass is 307 g/mol. The van der Waals surface area contributed by atoms with Gasteiger partial charge in [-0.25, -0.2) is 9.52 Å². The van der Waals surface area contributed by atoms with E-state index in [1.807, 2.05) is 4.72 Å². The first-order valence-corrected chi connectivity index (χ1v) is 8.34. The largest absolute Gasteiger partial charge is 0.452 e. The van der Waals surface area contributed by atoms with Crippen molar-refractivity contribution in [3.8, 4) is 0 Å². The van der Waals surface area contributed by atoms with Crippen molar-refractivity contribution in [3.05, 3.63) is 0 Å². The molecule has 1 rings (SSSR count). The third-order valence-corrected chi connectivity index (χ3v) is 5.74. The predicted octanol–water partition coefficient (Wildman–Crippen LogP) is 0.817. The lowest BCUT2D eigenvalue weighted by molar-refractivity contribution is 0.117. The maximum absolute atomic E-state index is 12.3. The Kier molecular flexibility index (Phi) is 5.79. The fourth-order valence-electron chi connectivity index (χ4n) is 2.82. The number of hydrogen-bond donors (Lipinski definition) is 2. The molecule has 1 amide bonds. The summed E-state index contributed by atoms with van der Waals surface area (Å²) in [4.78, 5) is 11.2. The number of methoxy groups -OCH3 is 1. The molecule has 0 bridgehead atoms. The Hall–Kier alpha value is -0.860. The first kappa shape index (κ1) is 17.2. The van der Waals surface area contributed by atoms with Crippen molar-refractivity contribution in [2.45, 2.75) is 45.1 Å². The highest BCUT2D eigenvalue weighted by Gasteiger charge is 2.44. The summed E-state index contributed by atoms with van der Waals surface area (Å²) in [5.74, 6) is 0.574. The van der Waals surface area contributed by atoms with E-state index >= 15 is 0 Å². The topological polar surface area (TPSA) is 102 Å². The maximum atomic E-state index is 12.3. The number of carbonyl (C=O) groups excluding carboxylic acids is 1. The number of carbonyl (C=O) groups is 1. The second-order valence-electron chi connectivity index (χ2n) is 5.37. The van der Waals surface area contributed by atoms with Gasteiger partial charge in [-0.05, 0) is 31.6 Å². The fraction of sp³-hybridized carbons (Fsp3) is 0.917. The van der Waals surface area contributed by atoms with Crippen molar-refractivity contribution >= 4 is 16.3 Å². The Labute approximate surface area is 121 Å². The van der Waals surface area contributed by atoms with Crippen LogP contribution in [0.3, 0.4) is 0 Å². The molecule has 0 aliphatic heterocycles. The van der Waals surface area contributed by atoms with Gasteiger partial charge in [-0.15, -0.1) is 0 Å². The van der Waals surface area contributed by atoms with Crippen LogP contribution in [0.5, 0.6) is 0 Å².